The van der Waals surface area contributed by atoms with E-state index < -0.39 is 11.8 Å². The Morgan fingerprint density at radius 1 is 1.09 bits per heavy atom. The number of nitrogens with two attached hydrogens (primary N) is 2. The van der Waals surface area contributed by atoms with E-state index in [0.29, 0.717) is 29.3 Å². The summed E-state index contributed by atoms with van der Waals surface area (Å²) in [5.41, 5.74) is 13.2. The maximum atomic E-state index is 12.7. The number of carbonyl (C=O) groups is 3. The molecule has 5 N–H and O–H groups in total. The molecule has 0 aliphatic heterocycles. The lowest BCUT2D eigenvalue weighted by molar-refractivity contribution is -0.151. The standard InChI is InChI=1S/C26H35N3O4S/c1-16(2)11-22(26(32)33-19-5-3-4-6-19)29-15-18-9-7-17(8-10-18)12-20-13-21(25(28)31)23(34-20)14-24(27)30/h7-10,13,16,19,22,29H,3-6,11-12,14-15H2,1-2H3,(H2,27,30)(H2,28,31)/t22-/m0/s1. The van der Waals surface area contributed by atoms with Crippen LogP contribution in [0.1, 0.15) is 77.2 Å². The van der Waals surface area contributed by atoms with E-state index >= 15 is 0 Å². The van der Waals surface area contributed by atoms with Crippen LogP contribution in [-0.4, -0.2) is 29.9 Å². The topological polar surface area (TPSA) is 125 Å². The first-order valence-corrected chi connectivity index (χ1v) is 12.7. The monoisotopic (exact) mass is 485 g/mol. The second-order valence-electron chi connectivity index (χ2n) is 9.46. The number of carbonyl (C=O) groups excluding carboxylic acids is 3. The third-order valence-corrected chi connectivity index (χ3v) is 7.13. The quantitative estimate of drug-likeness (QED) is 0.397. The molecule has 1 atom stereocenters. The molecule has 1 aliphatic rings. The largest absolute Gasteiger partial charge is 0.461 e. The van der Waals surface area contributed by atoms with Gasteiger partial charge >= 0.3 is 5.97 Å². The zero-order valence-electron chi connectivity index (χ0n) is 20.0. The average molecular weight is 486 g/mol. The lowest BCUT2D eigenvalue weighted by Gasteiger charge is -2.22. The van der Waals surface area contributed by atoms with Gasteiger partial charge in [-0.3, -0.25) is 14.4 Å². The third-order valence-electron chi connectivity index (χ3n) is 5.99. The Labute approximate surface area is 205 Å². The summed E-state index contributed by atoms with van der Waals surface area (Å²) < 4.78 is 5.74. The van der Waals surface area contributed by atoms with Gasteiger partial charge in [-0.25, -0.2) is 0 Å². The molecule has 1 heterocycles. The van der Waals surface area contributed by atoms with Crippen molar-refractivity contribution in [3.05, 3.63) is 56.8 Å². The van der Waals surface area contributed by atoms with Crippen LogP contribution in [0.4, 0.5) is 0 Å². The molecule has 1 saturated carbocycles. The highest BCUT2D eigenvalue weighted by atomic mass is 32.1. The molecular weight excluding hydrogens is 450 g/mol. The van der Waals surface area contributed by atoms with Crippen molar-refractivity contribution in [2.24, 2.45) is 17.4 Å². The van der Waals surface area contributed by atoms with Gasteiger partial charge < -0.3 is 21.5 Å². The molecule has 2 amide bonds. The van der Waals surface area contributed by atoms with Gasteiger partial charge in [0.25, 0.3) is 0 Å². The van der Waals surface area contributed by atoms with E-state index in [-0.39, 0.29) is 24.5 Å². The summed E-state index contributed by atoms with van der Waals surface area (Å²) in [6.45, 7) is 4.79. The number of hydrogen-bond donors (Lipinski definition) is 3. The minimum absolute atomic E-state index is 0.00821. The van der Waals surface area contributed by atoms with Crippen LogP contribution in [0.15, 0.2) is 30.3 Å². The summed E-state index contributed by atoms with van der Waals surface area (Å²) in [6.07, 6.45) is 5.64. The van der Waals surface area contributed by atoms with Gasteiger partial charge in [-0.2, -0.15) is 0 Å². The van der Waals surface area contributed by atoms with Crippen molar-refractivity contribution in [1.29, 1.82) is 0 Å². The van der Waals surface area contributed by atoms with Gasteiger partial charge in [-0.05, 0) is 55.2 Å². The molecule has 0 radical (unpaired) electrons. The molecule has 1 fully saturated rings. The number of ether oxygens (including phenoxy) is 1. The zero-order valence-corrected chi connectivity index (χ0v) is 20.8. The Kier molecular flexibility index (Phi) is 9.24. The smallest absolute Gasteiger partial charge is 0.323 e. The Balaban J connectivity index is 1.59. The number of hydrogen-bond acceptors (Lipinski definition) is 6. The second-order valence-corrected chi connectivity index (χ2v) is 10.7. The molecule has 3 rings (SSSR count). The van der Waals surface area contributed by atoms with Crippen LogP contribution < -0.4 is 16.8 Å². The highest BCUT2D eigenvalue weighted by Gasteiger charge is 2.26. The van der Waals surface area contributed by atoms with Crippen LogP contribution in [0.3, 0.4) is 0 Å². The van der Waals surface area contributed by atoms with E-state index in [1.807, 2.05) is 24.3 Å². The Hall–Kier alpha value is -2.71. The van der Waals surface area contributed by atoms with Crippen LogP contribution in [0.2, 0.25) is 0 Å². The molecule has 2 aromatic rings. The fraction of sp³-hybridized carbons (Fsp3) is 0.500. The van der Waals surface area contributed by atoms with Gasteiger partial charge in [0.15, 0.2) is 0 Å². The third kappa shape index (κ3) is 7.67. The van der Waals surface area contributed by atoms with Crippen molar-refractivity contribution in [1.82, 2.24) is 5.32 Å². The fourth-order valence-electron chi connectivity index (χ4n) is 4.27. The van der Waals surface area contributed by atoms with Crippen LogP contribution in [-0.2, 0) is 33.7 Å². The first-order chi connectivity index (χ1) is 16.2. The molecule has 1 aliphatic carbocycles. The van der Waals surface area contributed by atoms with E-state index in [4.69, 9.17) is 16.2 Å². The normalized spacial score (nSPS) is 14.9. The maximum Gasteiger partial charge on any atom is 0.323 e. The van der Waals surface area contributed by atoms with E-state index in [9.17, 15) is 14.4 Å². The van der Waals surface area contributed by atoms with Crippen LogP contribution in [0, 0.1) is 5.92 Å². The summed E-state index contributed by atoms with van der Waals surface area (Å²) in [6, 6.07) is 9.55. The Morgan fingerprint density at radius 2 is 1.74 bits per heavy atom. The van der Waals surface area contributed by atoms with Gasteiger partial charge in [0.2, 0.25) is 11.8 Å². The van der Waals surface area contributed by atoms with Gasteiger partial charge in [0.05, 0.1) is 12.0 Å². The van der Waals surface area contributed by atoms with Crippen molar-refractivity contribution >= 4 is 29.1 Å². The molecule has 34 heavy (non-hydrogen) atoms. The summed E-state index contributed by atoms with van der Waals surface area (Å²) in [5, 5.41) is 3.38. The van der Waals surface area contributed by atoms with E-state index in [0.717, 1.165) is 48.1 Å². The predicted molar refractivity (Wildman–Crippen MR) is 133 cm³/mol. The number of rotatable bonds is 12. The zero-order chi connectivity index (χ0) is 24.7. The molecule has 7 nitrogen and oxygen atoms in total. The molecule has 0 unspecified atom stereocenters. The number of benzene rings is 1. The maximum absolute atomic E-state index is 12.7. The summed E-state index contributed by atoms with van der Waals surface area (Å²) in [7, 11) is 0. The molecule has 0 bridgehead atoms. The molecule has 1 aromatic heterocycles. The number of nitrogens with one attached hydrogen (secondary N) is 1. The summed E-state index contributed by atoms with van der Waals surface area (Å²) in [4.78, 5) is 37.2. The van der Waals surface area contributed by atoms with Crippen molar-refractivity contribution < 1.29 is 19.1 Å². The lowest BCUT2D eigenvalue weighted by atomic mass is 10.0. The molecule has 8 heteroatoms. The minimum atomic E-state index is -0.553. The SMILES string of the molecule is CC(C)C[C@H](NCc1ccc(Cc2cc(C(N)=O)c(CC(N)=O)s2)cc1)C(=O)OC1CCCC1. The highest BCUT2D eigenvalue weighted by molar-refractivity contribution is 7.12. The number of thiophene rings is 1. The van der Waals surface area contributed by atoms with Crippen LogP contribution in [0.5, 0.6) is 0 Å². The predicted octanol–water partition coefficient (Wildman–Crippen LogP) is 3.46. The summed E-state index contributed by atoms with van der Waals surface area (Å²) >= 11 is 1.39. The van der Waals surface area contributed by atoms with Gasteiger partial charge in [-0.15, -0.1) is 11.3 Å². The van der Waals surface area contributed by atoms with Crippen molar-refractivity contribution in [2.45, 2.75) is 77.5 Å². The molecule has 184 valence electrons. The van der Waals surface area contributed by atoms with Gasteiger partial charge in [-0.1, -0.05) is 38.1 Å². The van der Waals surface area contributed by atoms with E-state index in [1.54, 1.807) is 6.07 Å². The first-order valence-electron chi connectivity index (χ1n) is 11.9. The molecular formula is C26H35N3O4S. The molecule has 0 spiro atoms. The minimum Gasteiger partial charge on any atom is -0.461 e. The molecule has 0 saturated heterocycles. The Bertz CT molecular complexity index is 994. The number of primary amides is 2. The Morgan fingerprint density at radius 3 is 2.32 bits per heavy atom. The van der Waals surface area contributed by atoms with Crippen LogP contribution >= 0.6 is 11.3 Å². The molecule has 1 aromatic carbocycles. The number of esters is 1. The van der Waals surface area contributed by atoms with Crippen LogP contribution in [0.25, 0.3) is 0 Å². The second kappa shape index (κ2) is 12.1. The summed E-state index contributed by atoms with van der Waals surface area (Å²) in [5.74, 6) is -0.809. The first kappa shape index (κ1) is 25.9. The highest BCUT2D eigenvalue weighted by Crippen LogP contribution is 2.26. The van der Waals surface area contributed by atoms with Gasteiger partial charge in [0.1, 0.15) is 12.1 Å². The number of amides is 2. The van der Waals surface area contributed by atoms with Crippen molar-refractivity contribution in [3.8, 4) is 0 Å². The van der Waals surface area contributed by atoms with Crippen molar-refractivity contribution in [3.63, 3.8) is 0 Å². The lowest BCUT2D eigenvalue weighted by Crippen LogP contribution is -2.40. The average Bonchev–Trinajstić information content (AvgIpc) is 3.41. The van der Waals surface area contributed by atoms with E-state index in [1.165, 1.54) is 11.3 Å². The van der Waals surface area contributed by atoms with Gasteiger partial charge in [0, 0.05) is 22.7 Å². The van der Waals surface area contributed by atoms with Crippen molar-refractivity contribution in [2.75, 3.05) is 0 Å². The fourth-order valence-corrected chi connectivity index (χ4v) is 5.49. The van der Waals surface area contributed by atoms with E-state index in [2.05, 4.69) is 19.2 Å².